The molecule has 0 fully saturated rings. The van der Waals surface area contributed by atoms with Crippen molar-refractivity contribution < 1.29 is 0 Å². The molecule has 0 aliphatic heterocycles. The maximum atomic E-state index is 2.37. The van der Waals surface area contributed by atoms with Crippen LogP contribution in [0.5, 0.6) is 0 Å². The maximum Gasteiger partial charge on any atom is -0.00700 e. The molecule has 0 radical (unpaired) electrons. The predicted octanol–water partition coefficient (Wildman–Crippen LogP) is 1.75. The predicted molar refractivity (Wildman–Crippen MR) is 58.9 cm³/mol. The van der Waals surface area contributed by atoms with Gasteiger partial charge in [-0.3, -0.25) is 0 Å². The van der Waals surface area contributed by atoms with E-state index in [0.29, 0.717) is 0 Å². The van der Waals surface area contributed by atoms with Gasteiger partial charge in [0.25, 0.3) is 0 Å². The van der Waals surface area contributed by atoms with Gasteiger partial charge in [-0.1, -0.05) is 36.4 Å². The molecule has 0 aromatic heterocycles. The van der Waals surface area contributed by atoms with Crippen LogP contribution in [0.1, 0.15) is 18.4 Å². The average Bonchev–Trinajstić information content (AvgIpc) is 2.36. The van der Waals surface area contributed by atoms with Crippen molar-refractivity contribution >= 4 is 17.2 Å². The van der Waals surface area contributed by atoms with Gasteiger partial charge in [-0.15, -0.1) is 0 Å². The fourth-order valence-corrected chi connectivity index (χ4v) is 2.82. The van der Waals surface area contributed by atoms with Crippen molar-refractivity contribution in [3.63, 3.8) is 0 Å². The summed E-state index contributed by atoms with van der Waals surface area (Å²) in [6, 6.07) is 6.67. The smallest absolute Gasteiger partial charge is 0.00700 e. The normalized spacial score (nSPS) is 20.1. The Balaban J connectivity index is 2.28. The Bertz CT molecular complexity index is 624. The molecule has 14 heavy (non-hydrogen) atoms. The zero-order valence-electron chi connectivity index (χ0n) is 7.88. The van der Waals surface area contributed by atoms with Crippen molar-refractivity contribution in [2.24, 2.45) is 0 Å². The van der Waals surface area contributed by atoms with Gasteiger partial charge in [0.15, 0.2) is 0 Å². The van der Waals surface area contributed by atoms with Crippen LogP contribution in [0.2, 0.25) is 0 Å². The van der Waals surface area contributed by atoms with Gasteiger partial charge in [0.2, 0.25) is 0 Å². The second kappa shape index (κ2) is 2.09. The minimum absolute atomic E-state index is 1.20. The Hall–Kier alpha value is -1.56. The minimum atomic E-state index is 1.20. The van der Waals surface area contributed by atoms with Crippen molar-refractivity contribution in [3.8, 4) is 0 Å². The molecule has 0 saturated heterocycles. The van der Waals surface area contributed by atoms with Crippen LogP contribution < -0.4 is 10.4 Å². The molecule has 0 atom stereocenters. The van der Waals surface area contributed by atoms with E-state index in [1.807, 2.05) is 0 Å². The highest BCUT2D eigenvalue weighted by molar-refractivity contribution is 6.01. The van der Waals surface area contributed by atoms with E-state index in [0.717, 1.165) is 0 Å². The molecular weight excluding hydrogens is 168 g/mol. The second-order valence-corrected chi connectivity index (χ2v) is 4.15. The molecule has 3 aliphatic rings. The van der Waals surface area contributed by atoms with E-state index >= 15 is 0 Å². The third kappa shape index (κ3) is 0.598. The lowest BCUT2D eigenvalue weighted by Crippen LogP contribution is -2.29. The molecule has 0 spiro atoms. The molecule has 66 valence electrons. The van der Waals surface area contributed by atoms with Crippen LogP contribution in [0.25, 0.3) is 17.2 Å². The molecule has 0 heterocycles. The largest absolute Gasteiger partial charge is 0.0763 e. The van der Waals surface area contributed by atoms with Crippen molar-refractivity contribution in [3.05, 3.63) is 51.9 Å². The Kier molecular flexibility index (Phi) is 1.02. The molecule has 3 aliphatic carbocycles. The van der Waals surface area contributed by atoms with Crippen LogP contribution in [0.15, 0.2) is 35.9 Å². The van der Waals surface area contributed by atoms with Crippen molar-refractivity contribution in [1.82, 2.24) is 0 Å². The fourth-order valence-electron chi connectivity index (χ4n) is 2.82. The number of hydrogen-bond donors (Lipinski definition) is 0. The Labute approximate surface area is 82.6 Å². The Morgan fingerprint density at radius 1 is 1.00 bits per heavy atom. The lowest BCUT2D eigenvalue weighted by Gasteiger charge is -2.12. The molecular formula is C14H10. The van der Waals surface area contributed by atoms with Gasteiger partial charge in [0, 0.05) is 0 Å². The maximum absolute atomic E-state index is 2.37. The summed E-state index contributed by atoms with van der Waals surface area (Å²) in [6.45, 7) is 0. The van der Waals surface area contributed by atoms with Crippen LogP contribution in [-0.4, -0.2) is 0 Å². The summed E-state index contributed by atoms with van der Waals surface area (Å²) < 4.78 is 0. The highest BCUT2D eigenvalue weighted by Gasteiger charge is 2.25. The number of allylic oxidation sites excluding steroid dienone is 4. The third-order valence-corrected chi connectivity index (χ3v) is 3.48. The number of hydrogen-bond acceptors (Lipinski definition) is 0. The lowest BCUT2D eigenvalue weighted by molar-refractivity contribution is 1.08. The van der Waals surface area contributed by atoms with E-state index in [9.17, 15) is 0 Å². The van der Waals surface area contributed by atoms with Gasteiger partial charge in [-0.25, -0.2) is 0 Å². The number of rotatable bonds is 0. The van der Waals surface area contributed by atoms with Crippen LogP contribution >= 0.6 is 0 Å². The summed E-state index contributed by atoms with van der Waals surface area (Å²) in [6.07, 6.45) is 9.31. The van der Waals surface area contributed by atoms with Gasteiger partial charge >= 0.3 is 0 Å². The molecule has 0 nitrogen and oxygen atoms in total. The van der Waals surface area contributed by atoms with Crippen molar-refractivity contribution in [2.45, 2.75) is 12.8 Å². The zero-order chi connectivity index (χ0) is 9.12. The van der Waals surface area contributed by atoms with E-state index in [-0.39, 0.29) is 0 Å². The molecule has 1 aromatic rings. The highest BCUT2D eigenvalue weighted by Crippen LogP contribution is 2.38. The summed E-state index contributed by atoms with van der Waals surface area (Å²) in [7, 11) is 0. The van der Waals surface area contributed by atoms with E-state index in [4.69, 9.17) is 0 Å². The number of fused-ring (bicyclic) bond motifs is 2. The van der Waals surface area contributed by atoms with Gasteiger partial charge < -0.3 is 0 Å². The fraction of sp³-hybridized carbons (Fsp3) is 0.143. The summed E-state index contributed by atoms with van der Waals surface area (Å²) in [5.41, 5.74) is 6.05. The van der Waals surface area contributed by atoms with E-state index in [1.165, 1.54) is 40.0 Å². The topological polar surface area (TPSA) is 0 Å². The SMILES string of the molecule is C1=CC2=C1C1=c3c2cccc3=CCC1. The first-order chi connectivity index (χ1) is 6.95. The van der Waals surface area contributed by atoms with Gasteiger partial charge in [-0.2, -0.15) is 0 Å². The van der Waals surface area contributed by atoms with E-state index < -0.39 is 0 Å². The molecule has 4 rings (SSSR count). The molecule has 0 unspecified atom stereocenters. The second-order valence-electron chi connectivity index (χ2n) is 4.15. The first kappa shape index (κ1) is 6.83. The van der Waals surface area contributed by atoms with Crippen molar-refractivity contribution in [1.29, 1.82) is 0 Å². The van der Waals surface area contributed by atoms with Crippen molar-refractivity contribution in [2.75, 3.05) is 0 Å². The average molecular weight is 178 g/mol. The minimum Gasteiger partial charge on any atom is -0.0763 e. The first-order valence-corrected chi connectivity index (χ1v) is 5.21. The molecule has 0 amide bonds. The van der Waals surface area contributed by atoms with E-state index in [2.05, 4.69) is 36.4 Å². The summed E-state index contributed by atoms with van der Waals surface area (Å²) in [5, 5.41) is 2.97. The quantitative estimate of drug-likeness (QED) is 0.567. The summed E-state index contributed by atoms with van der Waals surface area (Å²) in [4.78, 5) is 0. The van der Waals surface area contributed by atoms with E-state index in [1.54, 1.807) is 5.57 Å². The first-order valence-electron chi connectivity index (χ1n) is 5.21. The standard InChI is InChI=1S/C14H10/c1-3-9-4-2-6-13-11-8-7-10(11)12(5-1)14(9)13/h1,3-5,7-8H,2,6H2. The molecule has 0 heteroatoms. The lowest BCUT2D eigenvalue weighted by atomic mass is 9.92. The van der Waals surface area contributed by atoms with Gasteiger partial charge in [0.1, 0.15) is 0 Å². The highest BCUT2D eigenvalue weighted by atomic mass is 14.3. The molecule has 0 bridgehead atoms. The summed E-state index contributed by atoms with van der Waals surface area (Å²) >= 11 is 0. The summed E-state index contributed by atoms with van der Waals surface area (Å²) in [5.74, 6) is 0. The van der Waals surface area contributed by atoms with Gasteiger partial charge in [0.05, 0.1) is 0 Å². The van der Waals surface area contributed by atoms with Crippen LogP contribution in [0, 0.1) is 0 Å². The van der Waals surface area contributed by atoms with Crippen LogP contribution in [-0.2, 0) is 0 Å². The van der Waals surface area contributed by atoms with Gasteiger partial charge in [-0.05, 0) is 45.6 Å². The molecule has 0 N–H and O–H groups in total. The zero-order valence-corrected chi connectivity index (χ0v) is 7.88. The molecule has 1 aromatic carbocycles. The van der Waals surface area contributed by atoms with Crippen LogP contribution in [0.4, 0.5) is 0 Å². The third-order valence-electron chi connectivity index (χ3n) is 3.48. The monoisotopic (exact) mass is 178 g/mol. The molecule has 0 saturated carbocycles. The Morgan fingerprint density at radius 3 is 2.79 bits per heavy atom. The number of benzene rings is 1. The Morgan fingerprint density at radius 2 is 1.93 bits per heavy atom. The van der Waals surface area contributed by atoms with Crippen LogP contribution in [0.3, 0.4) is 0 Å².